The van der Waals surface area contributed by atoms with E-state index in [1.165, 1.54) is 5.39 Å². The Morgan fingerprint density at radius 3 is 2.05 bits per heavy atom. The lowest BCUT2D eigenvalue weighted by Crippen LogP contribution is -1.94. The van der Waals surface area contributed by atoms with Crippen LogP contribution in [0.1, 0.15) is 5.69 Å². The summed E-state index contributed by atoms with van der Waals surface area (Å²) >= 11 is 0. The van der Waals surface area contributed by atoms with Crippen molar-refractivity contribution in [3.05, 3.63) is 127 Å². The van der Waals surface area contributed by atoms with Gasteiger partial charge in [0.2, 0.25) is 0 Å². The average Bonchev–Trinajstić information content (AvgIpc) is 3.67. The summed E-state index contributed by atoms with van der Waals surface area (Å²) in [5, 5.41) is 6.56. The maximum absolute atomic E-state index is 6.53. The van der Waals surface area contributed by atoms with Crippen LogP contribution in [-0.2, 0) is 0 Å². The van der Waals surface area contributed by atoms with Crippen molar-refractivity contribution in [3.8, 4) is 22.8 Å². The zero-order valence-electron chi connectivity index (χ0n) is 22.7. The fourth-order valence-corrected chi connectivity index (χ4v) is 6.21. The highest BCUT2D eigenvalue weighted by molar-refractivity contribution is 6.13. The molecule has 0 N–H and O–H groups in total. The van der Waals surface area contributed by atoms with Crippen LogP contribution in [0.4, 0.5) is 0 Å². The summed E-state index contributed by atoms with van der Waals surface area (Å²) in [6.07, 6.45) is 5.99. The first-order chi connectivity index (χ1) is 20.7. The number of aromatic nitrogens is 5. The largest absolute Gasteiger partial charge is 0.457 e. The Hall–Kier alpha value is -5.75. The molecular weight excluding hydrogens is 518 g/mol. The Bertz CT molecular complexity index is 2510. The number of aryl methyl sites for hydroxylation is 1. The van der Waals surface area contributed by atoms with E-state index in [4.69, 9.17) is 19.7 Å². The predicted octanol–water partition coefficient (Wildman–Crippen LogP) is 8.76. The molecule has 0 bridgehead atoms. The summed E-state index contributed by atoms with van der Waals surface area (Å²) in [5.74, 6) is 1.50. The van der Waals surface area contributed by atoms with Crippen molar-refractivity contribution in [1.82, 2.24) is 23.8 Å². The van der Waals surface area contributed by atoms with Gasteiger partial charge >= 0.3 is 0 Å². The predicted molar refractivity (Wildman–Crippen MR) is 168 cm³/mol. The molecular formula is C36H23N5O. The van der Waals surface area contributed by atoms with Gasteiger partial charge in [0, 0.05) is 45.7 Å². The second-order valence-electron chi connectivity index (χ2n) is 10.7. The molecule has 9 rings (SSSR count). The standard InChI is InChI=1S/C36H23N5O/c1-22-20-40-33-12-6-5-10-28(33)26-15-13-24(18-30(26)35(40)38-22)42-25-14-16-27-29-11-7-17-37-34(29)41-21-32(23-8-3-2-4-9-23)39-36(41)31(27)19-25/h2-21H,1H3. The number of rotatable bonds is 3. The maximum atomic E-state index is 6.53. The van der Waals surface area contributed by atoms with Crippen molar-refractivity contribution < 1.29 is 4.74 Å². The lowest BCUT2D eigenvalue weighted by Gasteiger charge is -2.12. The molecule has 6 heteroatoms. The molecule has 0 saturated carbocycles. The zero-order chi connectivity index (χ0) is 27.8. The maximum Gasteiger partial charge on any atom is 0.147 e. The van der Waals surface area contributed by atoms with Crippen LogP contribution in [0.25, 0.3) is 66.0 Å². The van der Waals surface area contributed by atoms with Crippen molar-refractivity contribution in [2.24, 2.45) is 0 Å². The molecule has 4 aromatic carbocycles. The van der Waals surface area contributed by atoms with Gasteiger partial charge in [0.15, 0.2) is 0 Å². The first-order valence-electron chi connectivity index (χ1n) is 13.9. The molecule has 0 amide bonds. The Balaban J connectivity index is 1.23. The van der Waals surface area contributed by atoms with Crippen LogP contribution in [0.2, 0.25) is 0 Å². The lowest BCUT2D eigenvalue weighted by molar-refractivity contribution is 0.484. The molecule has 0 atom stereocenters. The van der Waals surface area contributed by atoms with Gasteiger partial charge in [0.1, 0.15) is 28.4 Å². The van der Waals surface area contributed by atoms with Gasteiger partial charge in [-0.05, 0) is 72.3 Å². The third kappa shape index (κ3) is 3.35. The normalized spacial score (nSPS) is 11.9. The molecule has 0 aliphatic heterocycles. The molecule has 0 aliphatic rings. The number of benzene rings is 4. The fraction of sp³-hybridized carbons (Fsp3) is 0.0278. The second kappa shape index (κ2) is 8.62. The monoisotopic (exact) mass is 541 g/mol. The Labute approximate surface area is 240 Å². The molecule has 0 fully saturated rings. The smallest absolute Gasteiger partial charge is 0.147 e. The van der Waals surface area contributed by atoms with E-state index < -0.39 is 0 Å². The van der Waals surface area contributed by atoms with Gasteiger partial charge < -0.3 is 4.74 Å². The number of para-hydroxylation sites is 1. The summed E-state index contributed by atoms with van der Waals surface area (Å²) in [5.41, 5.74) is 6.75. The van der Waals surface area contributed by atoms with E-state index >= 15 is 0 Å². The van der Waals surface area contributed by atoms with E-state index in [1.54, 1.807) is 0 Å². The summed E-state index contributed by atoms with van der Waals surface area (Å²) in [6, 6.07) is 35.2. The van der Waals surface area contributed by atoms with Crippen molar-refractivity contribution in [2.45, 2.75) is 6.92 Å². The Morgan fingerprint density at radius 1 is 0.548 bits per heavy atom. The van der Waals surface area contributed by atoms with Crippen LogP contribution in [0, 0.1) is 6.92 Å². The van der Waals surface area contributed by atoms with Crippen LogP contribution in [-0.4, -0.2) is 23.8 Å². The van der Waals surface area contributed by atoms with E-state index in [1.807, 2.05) is 49.5 Å². The third-order valence-electron chi connectivity index (χ3n) is 8.06. The minimum Gasteiger partial charge on any atom is -0.457 e. The highest BCUT2D eigenvalue weighted by atomic mass is 16.5. The number of hydrogen-bond acceptors (Lipinski definition) is 4. The third-order valence-corrected chi connectivity index (χ3v) is 8.06. The van der Waals surface area contributed by atoms with E-state index in [0.29, 0.717) is 0 Å². The molecule has 198 valence electrons. The van der Waals surface area contributed by atoms with Gasteiger partial charge in [0.25, 0.3) is 0 Å². The zero-order valence-corrected chi connectivity index (χ0v) is 22.7. The summed E-state index contributed by atoms with van der Waals surface area (Å²) < 4.78 is 10.8. The average molecular weight is 542 g/mol. The van der Waals surface area contributed by atoms with E-state index in [-0.39, 0.29) is 0 Å². The summed E-state index contributed by atoms with van der Waals surface area (Å²) in [4.78, 5) is 14.7. The number of ether oxygens (including phenoxy) is 1. The van der Waals surface area contributed by atoms with Gasteiger partial charge in [-0.1, -0.05) is 48.5 Å². The topological polar surface area (TPSA) is 56.7 Å². The number of hydrogen-bond donors (Lipinski definition) is 0. The van der Waals surface area contributed by atoms with Gasteiger partial charge in [-0.3, -0.25) is 8.80 Å². The van der Waals surface area contributed by atoms with Crippen LogP contribution in [0.3, 0.4) is 0 Å². The Morgan fingerprint density at radius 2 is 1.24 bits per heavy atom. The minimum atomic E-state index is 0.743. The molecule has 0 saturated heterocycles. The quantitative estimate of drug-likeness (QED) is 0.210. The SMILES string of the molecule is Cc1cn2c3ccccc3c3ccc(Oc4ccc5c6cccnc6n6cc(-c7ccccc7)nc6c5c4)cc3c2n1. The number of nitrogens with zero attached hydrogens (tertiary/aromatic N) is 5. The number of imidazole rings is 2. The van der Waals surface area contributed by atoms with Gasteiger partial charge in [-0.25, -0.2) is 15.0 Å². The molecule has 0 radical (unpaired) electrons. The van der Waals surface area contributed by atoms with Crippen LogP contribution in [0.15, 0.2) is 122 Å². The summed E-state index contributed by atoms with van der Waals surface area (Å²) in [7, 11) is 0. The number of pyridine rings is 3. The molecule has 0 unspecified atom stereocenters. The van der Waals surface area contributed by atoms with Crippen LogP contribution < -0.4 is 4.74 Å². The lowest BCUT2D eigenvalue weighted by atomic mass is 10.1. The van der Waals surface area contributed by atoms with Crippen molar-refractivity contribution in [1.29, 1.82) is 0 Å². The highest BCUT2D eigenvalue weighted by Crippen LogP contribution is 2.36. The van der Waals surface area contributed by atoms with E-state index in [0.717, 1.165) is 77.8 Å². The van der Waals surface area contributed by atoms with Gasteiger partial charge in [-0.15, -0.1) is 0 Å². The fourth-order valence-electron chi connectivity index (χ4n) is 6.21. The molecule has 0 aliphatic carbocycles. The Kier molecular flexibility index (Phi) is 4.72. The van der Waals surface area contributed by atoms with E-state index in [2.05, 4.69) is 87.9 Å². The first kappa shape index (κ1) is 23.0. The van der Waals surface area contributed by atoms with Crippen molar-refractivity contribution in [2.75, 3.05) is 0 Å². The van der Waals surface area contributed by atoms with Crippen molar-refractivity contribution in [3.63, 3.8) is 0 Å². The van der Waals surface area contributed by atoms with Crippen LogP contribution >= 0.6 is 0 Å². The highest BCUT2D eigenvalue weighted by Gasteiger charge is 2.16. The van der Waals surface area contributed by atoms with Crippen molar-refractivity contribution >= 4 is 54.8 Å². The number of fused-ring (bicyclic) bond motifs is 12. The molecule has 9 aromatic rings. The van der Waals surface area contributed by atoms with E-state index in [9.17, 15) is 0 Å². The first-order valence-corrected chi connectivity index (χ1v) is 13.9. The molecule has 6 nitrogen and oxygen atoms in total. The summed E-state index contributed by atoms with van der Waals surface area (Å²) in [6.45, 7) is 2.03. The minimum absolute atomic E-state index is 0.743. The van der Waals surface area contributed by atoms with Crippen LogP contribution in [0.5, 0.6) is 11.5 Å². The molecule has 5 aromatic heterocycles. The second-order valence-corrected chi connectivity index (χ2v) is 10.7. The van der Waals surface area contributed by atoms with Gasteiger partial charge in [0.05, 0.1) is 16.9 Å². The molecule has 0 spiro atoms. The molecule has 5 heterocycles. The van der Waals surface area contributed by atoms with Gasteiger partial charge in [-0.2, -0.15) is 0 Å². The molecule has 42 heavy (non-hydrogen) atoms.